The Bertz CT molecular complexity index is 1090. The first-order valence-corrected chi connectivity index (χ1v) is 10.1. The number of carbonyl (C=O) groups is 2. The molecule has 0 saturated carbocycles. The van der Waals surface area contributed by atoms with Crippen LogP contribution in [-0.2, 0) is 15.8 Å². The number of nitrogens with one attached hydrogen (secondary N) is 2. The van der Waals surface area contributed by atoms with Gasteiger partial charge in [0.25, 0.3) is 21.3 Å². The first-order chi connectivity index (χ1) is 15.5. The molecule has 0 heterocycles. The van der Waals surface area contributed by atoms with Crippen molar-refractivity contribution in [2.24, 2.45) is 0 Å². The zero-order chi connectivity index (χ0) is 25.9. The van der Waals surface area contributed by atoms with Crippen molar-refractivity contribution in [1.29, 1.82) is 0 Å². The second kappa shape index (κ2) is 10.2. The van der Waals surface area contributed by atoms with Crippen LogP contribution in [0.1, 0.15) is 12.5 Å². The van der Waals surface area contributed by atoms with E-state index in [9.17, 15) is 38.0 Å². The molecule has 9 nitrogen and oxygen atoms in total. The van der Waals surface area contributed by atoms with Gasteiger partial charge in [-0.1, -0.05) is 34.8 Å². The number of anilines is 2. The molecular formula is C19H15Cl3F3N3O6. The summed E-state index contributed by atoms with van der Waals surface area (Å²) in [6.07, 6.45) is -5.04. The lowest BCUT2D eigenvalue weighted by Gasteiger charge is -2.23. The minimum absolute atomic E-state index is 0.162. The summed E-state index contributed by atoms with van der Waals surface area (Å²) in [5, 5.41) is 25.6. The van der Waals surface area contributed by atoms with E-state index in [2.05, 4.69) is 10.6 Å². The van der Waals surface area contributed by atoms with Gasteiger partial charge in [-0.2, -0.15) is 13.2 Å². The molecule has 2 aromatic rings. The molecule has 1 atom stereocenters. The van der Waals surface area contributed by atoms with Crippen molar-refractivity contribution in [1.82, 2.24) is 0 Å². The van der Waals surface area contributed by atoms with Gasteiger partial charge in [0.1, 0.15) is 17.9 Å². The smallest absolute Gasteiger partial charge is 0.423 e. The first kappa shape index (κ1) is 27.4. The lowest BCUT2D eigenvalue weighted by molar-refractivity contribution is -0.388. The van der Waals surface area contributed by atoms with Gasteiger partial charge in [-0.15, -0.1) is 0 Å². The third-order valence-electron chi connectivity index (χ3n) is 4.14. The summed E-state index contributed by atoms with van der Waals surface area (Å²) in [7, 11) is 0. The highest BCUT2D eigenvalue weighted by Gasteiger charge is 2.39. The first-order valence-electron chi connectivity index (χ1n) is 9.01. The van der Waals surface area contributed by atoms with E-state index in [4.69, 9.17) is 39.5 Å². The molecule has 0 fully saturated rings. The van der Waals surface area contributed by atoms with Crippen molar-refractivity contribution in [3.05, 3.63) is 58.1 Å². The van der Waals surface area contributed by atoms with Crippen molar-refractivity contribution in [3.8, 4) is 5.75 Å². The zero-order valence-corrected chi connectivity index (χ0v) is 19.2. The average molecular weight is 545 g/mol. The molecule has 0 radical (unpaired) electrons. The van der Waals surface area contributed by atoms with Crippen LogP contribution in [0.5, 0.6) is 5.75 Å². The number of alkyl halides is 6. The Morgan fingerprint density at radius 1 is 1.03 bits per heavy atom. The van der Waals surface area contributed by atoms with Crippen LogP contribution in [0.2, 0.25) is 0 Å². The Morgan fingerprint density at radius 3 is 2.06 bits per heavy atom. The van der Waals surface area contributed by atoms with Crippen LogP contribution in [0.25, 0.3) is 0 Å². The minimum atomic E-state index is -5.04. The molecule has 0 aliphatic heterocycles. The van der Waals surface area contributed by atoms with E-state index in [1.54, 1.807) is 0 Å². The van der Waals surface area contributed by atoms with Gasteiger partial charge in [-0.3, -0.25) is 19.7 Å². The van der Waals surface area contributed by atoms with Crippen LogP contribution in [-0.4, -0.2) is 37.8 Å². The second-order valence-electron chi connectivity index (χ2n) is 6.98. The van der Waals surface area contributed by atoms with Crippen LogP contribution < -0.4 is 15.4 Å². The largest absolute Gasteiger partial charge is 0.490 e. The van der Waals surface area contributed by atoms with Gasteiger partial charge in [0, 0.05) is 17.4 Å². The Hall–Kier alpha value is -2.80. The number of rotatable bonds is 7. The molecule has 3 N–H and O–H groups in total. The molecule has 0 aliphatic carbocycles. The average Bonchev–Trinajstić information content (AvgIpc) is 2.71. The Morgan fingerprint density at radius 2 is 1.56 bits per heavy atom. The Kier molecular flexibility index (Phi) is 8.25. The summed E-state index contributed by atoms with van der Waals surface area (Å²) >= 11 is 16.3. The van der Waals surface area contributed by atoms with Gasteiger partial charge in [0.05, 0.1) is 4.92 Å². The molecule has 2 rings (SSSR count). The van der Waals surface area contributed by atoms with Crippen molar-refractivity contribution in [2.75, 3.05) is 17.2 Å². The van der Waals surface area contributed by atoms with Crippen LogP contribution in [0.15, 0.2) is 42.5 Å². The summed E-state index contributed by atoms with van der Waals surface area (Å²) in [4.78, 5) is 33.6. The van der Waals surface area contributed by atoms with E-state index < -0.39 is 55.9 Å². The number of ether oxygens (including phenoxy) is 1. The predicted octanol–water partition coefficient (Wildman–Crippen LogP) is 4.69. The SMILES string of the molecule is C[C@](O)(COc1ccc(NC(=O)C(Cl)(Cl)Cl)cc1)C(=O)Nc1ccc([N+](=O)[O-])c(C(F)(F)F)c1. The number of carbonyl (C=O) groups excluding carboxylic acids is 2. The molecular weight excluding hydrogens is 530 g/mol. The maximum Gasteiger partial charge on any atom is 0.423 e. The van der Waals surface area contributed by atoms with Crippen molar-refractivity contribution in [2.45, 2.75) is 22.5 Å². The van der Waals surface area contributed by atoms with E-state index >= 15 is 0 Å². The third kappa shape index (κ3) is 7.35. The normalized spacial score (nSPS) is 13.5. The number of halogens is 6. The molecule has 0 aromatic heterocycles. The monoisotopic (exact) mass is 543 g/mol. The van der Waals surface area contributed by atoms with Gasteiger partial charge in [-0.25, -0.2) is 0 Å². The van der Waals surface area contributed by atoms with Crippen LogP contribution in [0.3, 0.4) is 0 Å². The lowest BCUT2D eigenvalue weighted by Crippen LogP contribution is -2.45. The number of nitro benzene ring substituents is 1. The van der Waals surface area contributed by atoms with Crippen LogP contribution in [0.4, 0.5) is 30.2 Å². The fourth-order valence-corrected chi connectivity index (χ4v) is 2.53. The van der Waals surface area contributed by atoms with Gasteiger partial charge >= 0.3 is 6.18 Å². The highest BCUT2D eigenvalue weighted by molar-refractivity contribution is 6.76. The highest BCUT2D eigenvalue weighted by Crippen LogP contribution is 2.37. The quantitative estimate of drug-likeness (QED) is 0.263. The van der Waals surface area contributed by atoms with Crippen molar-refractivity contribution < 1.29 is 37.5 Å². The molecule has 0 spiro atoms. The van der Waals surface area contributed by atoms with E-state index in [0.717, 1.165) is 13.0 Å². The van der Waals surface area contributed by atoms with Gasteiger partial charge in [0.2, 0.25) is 0 Å². The van der Waals surface area contributed by atoms with Gasteiger partial charge < -0.3 is 20.5 Å². The summed E-state index contributed by atoms with van der Waals surface area (Å²) in [6, 6.07) is 7.38. The highest BCUT2D eigenvalue weighted by atomic mass is 35.6. The van der Waals surface area contributed by atoms with Crippen LogP contribution >= 0.6 is 34.8 Å². The molecule has 34 heavy (non-hydrogen) atoms. The van der Waals surface area contributed by atoms with E-state index in [-0.39, 0.29) is 11.4 Å². The Labute approximate surface area is 204 Å². The van der Waals surface area contributed by atoms with Crippen molar-refractivity contribution >= 4 is 63.7 Å². The Balaban J connectivity index is 2.05. The molecule has 0 aliphatic rings. The zero-order valence-electron chi connectivity index (χ0n) is 17.0. The maximum absolute atomic E-state index is 13.1. The number of benzene rings is 2. The number of nitrogens with zero attached hydrogens (tertiary/aromatic N) is 1. The molecule has 2 amide bonds. The number of nitro groups is 1. The molecule has 0 bridgehead atoms. The number of hydrogen-bond acceptors (Lipinski definition) is 6. The number of amides is 2. The van der Waals surface area contributed by atoms with Gasteiger partial charge in [0.15, 0.2) is 5.60 Å². The molecule has 0 saturated heterocycles. The fraction of sp³-hybridized carbons (Fsp3) is 0.263. The van der Waals surface area contributed by atoms with E-state index in [1.165, 1.54) is 24.3 Å². The fourth-order valence-electron chi connectivity index (χ4n) is 2.39. The van der Waals surface area contributed by atoms with Gasteiger partial charge in [-0.05, 0) is 43.3 Å². The summed E-state index contributed by atoms with van der Waals surface area (Å²) < 4.78 is 42.4. The summed E-state index contributed by atoms with van der Waals surface area (Å²) in [5.74, 6) is -1.86. The number of aliphatic hydroxyl groups is 1. The summed E-state index contributed by atoms with van der Waals surface area (Å²) in [6.45, 7) is 0.436. The summed E-state index contributed by atoms with van der Waals surface area (Å²) in [5.41, 5.74) is -5.12. The van der Waals surface area contributed by atoms with E-state index in [1.807, 2.05) is 0 Å². The van der Waals surface area contributed by atoms with Crippen molar-refractivity contribution in [3.63, 3.8) is 0 Å². The van der Waals surface area contributed by atoms with E-state index in [0.29, 0.717) is 12.1 Å². The molecule has 0 unspecified atom stereocenters. The maximum atomic E-state index is 13.1. The molecule has 15 heteroatoms. The van der Waals surface area contributed by atoms with Crippen LogP contribution in [0, 0.1) is 10.1 Å². The topological polar surface area (TPSA) is 131 Å². The minimum Gasteiger partial charge on any atom is -0.490 e. The molecule has 184 valence electrons. The predicted molar refractivity (Wildman–Crippen MR) is 118 cm³/mol. The number of hydrogen-bond donors (Lipinski definition) is 3. The second-order valence-corrected chi connectivity index (χ2v) is 9.26. The lowest BCUT2D eigenvalue weighted by atomic mass is 10.1. The third-order valence-corrected chi connectivity index (χ3v) is 4.65. The standard InChI is InChI=1S/C19H15Cl3F3N3O6/c1-17(31,9-34-12-5-2-10(3-6-12)26-16(30)18(20,21)22)15(29)27-11-4-7-14(28(32)33)13(8-11)19(23,24)25/h2-8,31H,9H2,1H3,(H,26,30)(H,27,29)/t17-/m0/s1. The molecule has 2 aromatic carbocycles.